The number of hydrogen-bond acceptors (Lipinski definition) is 7. The van der Waals surface area contributed by atoms with E-state index in [1.54, 1.807) is 12.1 Å². The summed E-state index contributed by atoms with van der Waals surface area (Å²) in [5.41, 5.74) is 1.31. The Kier molecular flexibility index (Phi) is 5.16. The highest BCUT2D eigenvalue weighted by atomic mass is 127. The second-order valence-corrected chi connectivity index (χ2v) is 6.68. The number of ether oxygens (including phenoxy) is 3. The average molecular weight is 445 g/mol. The first kappa shape index (κ1) is 18.2. The van der Waals surface area contributed by atoms with Crippen LogP contribution in [-0.2, 0) is 23.8 Å². The molecule has 7 nitrogen and oxygen atoms in total. The molecule has 0 radical (unpaired) electrons. The number of esters is 3. The number of hydrogen-bond donors (Lipinski definition) is 1. The average Bonchev–Trinajstić information content (AvgIpc) is 2.47. The van der Waals surface area contributed by atoms with Crippen molar-refractivity contribution in [2.45, 2.75) is 26.6 Å². The molecular weight excluding hydrogens is 429 g/mol. The van der Waals surface area contributed by atoms with E-state index < -0.39 is 23.7 Å². The van der Waals surface area contributed by atoms with Gasteiger partial charge in [-0.1, -0.05) is 0 Å². The molecule has 1 aromatic carbocycles. The third kappa shape index (κ3) is 3.86. The molecule has 0 bridgehead atoms. The van der Waals surface area contributed by atoms with Crippen molar-refractivity contribution in [3.8, 4) is 0 Å². The maximum atomic E-state index is 11.9. The number of anilines is 1. The van der Waals surface area contributed by atoms with Crippen LogP contribution in [0.1, 0.15) is 29.8 Å². The van der Waals surface area contributed by atoms with Gasteiger partial charge in [-0.2, -0.15) is 0 Å². The van der Waals surface area contributed by atoms with E-state index in [-0.39, 0.29) is 11.1 Å². The Hall–Kier alpha value is -2.10. The standard InChI is InChI=1S/C16H16INO6/c1-8-5-12(9(6-11(8)17)13(19)22-4)18-7-10-14(20)23-16(2,3)24-15(10)21/h5-7,18H,1-4H3. The van der Waals surface area contributed by atoms with Crippen molar-refractivity contribution in [1.82, 2.24) is 0 Å². The van der Waals surface area contributed by atoms with Gasteiger partial charge in [0.05, 0.1) is 18.4 Å². The summed E-state index contributed by atoms with van der Waals surface area (Å²) in [6.45, 7) is 4.79. The molecule has 1 aliphatic rings. The monoisotopic (exact) mass is 445 g/mol. The van der Waals surface area contributed by atoms with Gasteiger partial charge in [0, 0.05) is 23.6 Å². The second kappa shape index (κ2) is 6.80. The predicted molar refractivity (Wildman–Crippen MR) is 93.2 cm³/mol. The minimum Gasteiger partial charge on any atom is -0.465 e. The molecule has 128 valence electrons. The van der Waals surface area contributed by atoms with Crippen LogP contribution in [0, 0.1) is 10.5 Å². The smallest absolute Gasteiger partial charge is 0.350 e. The van der Waals surface area contributed by atoms with Crippen LogP contribution in [0.15, 0.2) is 23.9 Å². The van der Waals surface area contributed by atoms with E-state index in [0.29, 0.717) is 5.69 Å². The Labute approximate surface area is 152 Å². The number of nitrogens with one attached hydrogen (secondary N) is 1. The molecule has 0 atom stereocenters. The van der Waals surface area contributed by atoms with Crippen molar-refractivity contribution >= 4 is 46.2 Å². The Morgan fingerprint density at radius 2 is 1.83 bits per heavy atom. The van der Waals surface area contributed by atoms with Gasteiger partial charge in [-0.3, -0.25) is 0 Å². The lowest BCUT2D eigenvalue weighted by Crippen LogP contribution is -2.42. The molecule has 0 amide bonds. The summed E-state index contributed by atoms with van der Waals surface area (Å²) in [7, 11) is 1.27. The highest BCUT2D eigenvalue weighted by Crippen LogP contribution is 2.26. The Bertz CT molecular complexity index is 731. The summed E-state index contributed by atoms with van der Waals surface area (Å²) >= 11 is 2.10. The number of rotatable bonds is 3. The first-order chi connectivity index (χ1) is 11.1. The molecule has 2 rings (SSSR count). The van der Waals surface area contributed by atoms with Crippen molar-refractivity contribution in [3.05, 3.63) is 38.6 Å². The highest BCUT2D eigenvalue weighted by Gasteiger charge is 2.39. The van der Waals surface area contributed by atoms with Gasteiger partial charge in [-0.05, 0) is 47.2 Å². The van der Waals surface area contributed by atoms with Gasteiger partial charge in [0.15, 0.2) is 5.57 Å². The fourth-order valence-corrected chi connectivity index (χ4v) is 2.48. The maximum Gasteiger partial charge on any atom is 0.350 e. The lowest BCUT2D eigenvalue weighted by Gasteiger charge is -2.29. The molecule has 8 heteroatoms. The second-order valence-electron chi connectivity index (χ2n) is 5.52. The third-order valence-electron chi connectivity index (χ3n) is 3.19. The van der Waals surface area contributed by atoms with Crippen molar-refractivity contribution < 1.29 is 28.6 Å². The van der Waals surface area contributed by atoms with E-state index in [4.69, 9.17) is 14.2 Å². The molecule has 1 aromatic rings. The minimum absolute atomic E-state index is 0.280. The molecule has 0 saturated carbocycles. The molecule has 0 aliphatic carbocycles. The lowest BCUT2D eigenvalue weighted by molar-refractivity contribution is -0.222. The number of benzene rings is 1. The van der Waals surface area contributed by atoms with E-state index in [9.17, 15) is 14.4 Å². The van der Waals surface area contributed by atoms with E-state index in [0.717, 1.165) is 15.3 Å². The van der Waals surface area contributed by atoms with Crippen LogP contribution in [0.5, 0.6) is 0 Å². The Balaban J connectivity index is 2.35. The summed E-state index contributed by atoms with van der Waals surface area (Å²) < 4.78 is 15.6. The summed E-state index contributed by atoms with van der Waals surface area (Å²) in [5.74, 6) is -3.44. The zero-order valence-corrected chi connectivity index (χ0v) is 15.7. The van der Waals surface area contributed by atoms with Crippen LogP contribution in [0.3, 0.4) is 0 Å². The fraction of sp³-hybridized carbons (Fsp3) is 0.312. The molecule has 0 unspecified atom stereocenters. The fourth-order valence-electron chi connectivity index (χ4n) is 2.01. The number of methoxy groups -OCH3 is 1. The quantitative estimate of drug-likeness (QED) is 0.331. The van der Waals surface area contributed by atoms with Crippen molar-refractivity contribution in [2.75, 3.05) is 12.4 Å². The summed E-state index contributed by atoms with van der Waals surface area (Å²) in [6.07, 6.45) is 1.16. The van der Waals surface area contributed by atoms with Crippen LogP contribution in [-0.4, -0.2) is 30.8 Å². The first-order valence-electron chi connectivity index (χ1n) is 6.96. The Morgan fingerprint density at radius 1 is 1.25 bits per heavy atom. The Morgan fingerprint density at radius 3 is 2.38 bits per heavy atom. The zero-order valence-electron chi connectivity index (χ0n) is 13.6. The zero-order chi connectivity index (χ0) is 18.1. The largest absolute Gasteiger partial charge is 0.465 e. The molecule has 0 aromatic heterocycles. The number of aryl methyl sites for hydroxylation is 1. The highest BCUT2D eigenvalue weighted by molar-refractivity contribution is 14.1. The molecule has 1 aliphatic heterocycles. The number of halogens is 1. The molecule has 1 fully saturated rings. The minimum atomic E-state index is -1.30. The van der Waals surface area contributed by atoms with Gasteiger partial charge >= 0.3 is 17.9 Å². The number of carbonyl (C=O) groups excluding carboxylic acids is 3. The molecule has 0 spiro atoms. The van der Waals surface area contributed by atoms with Gasteiger partial charge < -0.3 is 19.5 Å². The summed E-state index contributed by atoms with van der Waals surface area (Å²) in [5, 5.41) is 2.79. The lowest BCUT2D eigenvalue weighted by atomic mass is 10.1. The van der Waals surface area contributed by atoms with E-state index in [1.165, 1.54) is 21.0 Å². The molecular formula is C16H16INO6. The third-order valence-corrected chi connectivity index (χ3v) is 4.36. The molecule has 1 N–H and O–H groups in total. The van der Waals surface area contributed by atoms with Crippen molar-refractivity contribution in [3.63, 3.8) is 0 Å². The number of cyclic esters (lactones) is 2. The molecule has 1 heterocycles. The van der Waals surface area contributed by atoms with Crippen LogP contribution < -0.4 is 5.32 Å². The van der Waals surface area contributed by atoms with Gasteiger partial charge in [0.1, 0.15) is 0 Å². The van der Waals surface area contributed by atoms with Crippen molar-refractivity contribution in [1.29, 1.82) is 0 Å². The van der Waals surface area contributed by atoms with Crippen LogP contribution in [0.4, 0.5) is 5.69 Å². The van der Waals surface area contributed by atoms with E-state index in [1.807, 2.05) is 6.92 Å². The first-order valence-corrected chi connectivity index (χ1v) is 8.04. The molecule has 24 heavy (non-hydrogen) atoms. The SMILES string of the molecule is COC(=O)c1cc(I)c(C)cc1NC=C1C(=O)OC(C)(C)OC1=O. The van der Waals surface area contributed by atoms with E-state index in [2.05, 4.69) is 27.9 Å². The normalized spacial score (nSPS) is 16.1. The number of carbonyl (C=O) groups is 3. The molecule has 1 saturated heterocycles. The summed E-state index contributed by atoms with van der Waals surface area (Å²) in [4.78, 5) is 35.7. The van der Waals surface area contributed by atoms with Gasteiger partial charge in [-0.15, -0.1) is 0 Å². The topological polar surface area (TPSA) is 90.9 Å². The van der Waals surface area contributed by atoms with Crippen LogP contribution in [0.25, 0.3) is 0 Å². The van der Waals surface area contributed by atoms with Gasteiger partial charge in [-0.25, -0.2) is 14.4 Å². The van der Waals surface area contributed by atoms with Crippen LogP contribution >= 0.6 is 22.6 Å². The van der Waals surface area contributed by atoms with Crippen LogP contribution in [0.2, 0.25) is 0 Å². The summed E-state index contributed by atoms with van der Waals surface area (Å²) in [6, 6.07) is 3.37. The van der Waals surface area contributed by atoms with E-state index >= 15 is 0 Å². The predicted octanol–water partition coefficient (Wildman–Crippen LogP) is 2.52. The van der Waals surface area contributed by atoms with Gasteiger partial charge in [0.25, 0.3) is 5.79 Å². The van der Waals surface area contributed by atoms with Gasteiger partial charge in [0.2, 0.25) is 0 Å². The maximum absolute atomic E-state index is 11.9. The van der Waals surface area contributed by atoms with Crippen molar-refractivity contribution in [2.24, 2.45) is 0 Å².